The number of halogens is 1. The van der Waals surface area contributed by atoms with E-state index in [-0.39, 0.29) is 0 Å². The zero-order valence-corrected chi connectivity index (χ0v) is 11.9. The monoisotopic (exact) mass is 315 g/mol. The van der Waals surface area contributed by atoms with Crippen molar-refractivity contribution in [1.82, 2.24) is 5.32 Å². The molecule has 3 N–H and O–H groups in total. The molecule has 0 bridgehead atoms. The van der Waals surface area contributed by atoms with Crippen molar-refractivity contribution >= 4 is 29.4 Å². The number of hydrogen-bond acceptors (Lipinski definition) is 4. The Labute approximate surface area is 125 Å². The summed E-state index contributed by atoms with van der Waals surface area (Å²) >= 11 is 5.84. The number of nitrogens with one attached hydrogen (secondary N) is 1. The number of carbonyl (C=O) groups excluding carboxylic acids is 1. The molecule has 0 aliphatic carbocycles. The van der Waals surface area contributed by atoms with Crippen LogP contribution in [0.25, 0.3) is 0 Å². The maximum atomic E-state index is 11.5. The number of aliphatic carboxylic acids is 2. The predicted molar refractivity (Wildman–Crippen MR) is 73.5 cm³/mol. The van der Waals surface area contributed by atoms with Crippen molar-refractivity contribution in [2.24, 2.45) is 0 Å². The van der Waals surface area contributed by atoms with E-state index in [1.807, 2.05) is 0 Å². The Hall–Kier alpha value is -2.28. The summed E-state index contributed by atoms with van der Waals surface area (Å²) in [5.41, 5.74) is 0.767. The van der Waals surface area contributed by atoms with Crippen molar-refractivity contribution in [3.05, 3.63) is 28.8 Å². The molecule has 114 valence electrons. The van der Waals surface area contributed by atoms with Gasteiger partial charge in [-0.2, -0.15) is 0 Å². The molecule has 1 rings (SSSR count). The molecule has 1 aromatic rings. The van der Waals surface area contributed by atoms with Crippen molar-refractivity contribution in [1.29, 1.82) is 0 Å². The van der Waals surface area contributed by atoms with E-state index in [9.17, 15) is 14.4 Å². The third-order valence-electron chi connectivity index (χ3n) is 2.51. The minimum Gasteiger partial charge on any atom is -0.484 e. The number of benzene rings is 1. The summed E-state index contributed by atoms with van der Waals surface area (Å²) < 4.78 is 5.18. The molecule has 7 nitrogen and oxygen atoms in total. The van der Waals surface area contributed by atoms with Crippen LogP contribution in [0.4, 0.5) is 0 Å². The van der Waals surface area contributed by atoms with E-state index >= 15 is 0 Å². The fraction of sp³-hybridized carbons (Fsp3) is 0.308. The number of rotatable bonds is 7. The summed E-state index contributed by atoms with van der Waals surface area (Å²) in [4.78, 5) is 32.8. The molecule has 0 radical (unpaired) electrons. The smallest absolute Gasteiger partial charge is 0.326 e. The van der Waals surface area contributed by atoms with Gasteiger partial charge in [-0.1, -0.05) is 11.6 Å². The quantitative estimate of drug-likeness (QED) is 0.693. The average molecular weight is 316 g/mol. The second-order valence-corrected chi connectivity index (χ2v) is 4.66. The van der Waals surface area contributed by atoms with Gasteiger partial charge in [-0.3, -0.25) is 9.59 Å². The van der Waals surface area contributed by atoms with Gasteiger partial charge in [-0.05, 0) is 30.7 Å². The largest absolute Gasteiger partial charge is 0.484 e. The number of amides is 1. The maximum absolute atomic E-state index is 11.5. The van der Waals surface area contributed by atoms with Gasteiger partial charge in [0.1, 0.15) is 11.8 Å². The number of carbonyl (C=O) groups is 3. The Kier molecular flexibility index (Phi) is 5.98. The highest BCUT2D eigenvalue weighted by Gasteiger charge is 2.23. The van der Waals surface area contributed by atoms with Gasteiger partial charge in [0.05, 0.1) is 6.42 Å². The van der Waals surface area contributed by atoms with E-state index in [0.717, 1.165) is 5.56 Å². The second kappa shape index (κ2) is 7.49. The third kappa shape index (κ3) is 5.70. The lowest BCUT2D eigenvalue weighted by atomic mass is 10.2. The summed E-state index contributed by atoms with van der Waals surface area (Å²) in [6, 6.07) is 3.30. The Bertz CT molecular complexity index is 560. The highest BCUT2D eigenvalue weighted by Crippen LogP contribution is 2.20. The van der Waals surface area contributed by atoms with E-state index in [0.29, 0.717) is 10.8 Å². The van der Waals surface area contributed by atoms with Crippen LogP contribution in [0.3, 0.4) is 0 Å². The first-order chi connectivity index (χ1) is 9.79. The number of carboxylic acid groups (broad SMARTS) is 2. The first-order valence-electron chi connectivity index (χ1n) is 5.92. The Morgan fingerprint density at radius 2 is 2.00 bits per heavy atom. The molecule has 0 spiro atoms. The zero-order chi connectivity index (χ0) is 16.0. The van der Waals surface area contributed by atoms with Crippen LogP contribution in [0.2, 0.25) is 5.02 Å². The molecular weight excluding hydrogens is 302 g/mol. The van der Waals surface area contributed by atoms with Crippen LogP contribution >= 0.6 is 11.6 Å². The summed E-state index contributed by atoms with van der Waals surface area (Å²) in [5.74, 6) is -3.07. The van der Waals surface area contributed by atoms with Gasteiger partial charge in [-0.15, -0.1) is 0 Å². The summed E-state index contributed by atoms with van der Waals surface area (Å²) in [5, 5.41) is 20.0. The van der Waals surface area contributed by atoms with E-state index in [2.05, 4.69) is 5.32 Å². The number of aryl methyl sites for hydroxylation is 1. The van der Waals surface area contributed by atoms with Crippen molar-refractivity contribution in [2.45, 2.75) is 19.4 Å². The van der Waals surface area contributed by atoms with Gasteiger partial charge < -0.3 is 20.3 Å². The highest BCUT2D eigenvalue weighted by molar-refractivity contribution is 6.31. The average Bonchev–Trinajstić information content (AvgIpc) is 2.38. The molecule has 0 heterocycles. The fourth-order valence-corrected chi connectivity index (χ4v) is 1.58. The molecule has 21 heavy (non-hydrogen) atoms. The molecule has 0 saturated heterocycles. The van der Waals surface area contributed by atoms with Crippen molar-refractivity contribution in [3.8, 4) is 5.75 Å². The number of hydrogen-bond donors (Lipinski definition) is 3. The van der Waals surface area contributed by atoms with Gasteiger partial charge in [0, 0.05) is 5.02 Å². The predicted octanol–water partition coefficient (Wildman–Crippen LogP) is 1.07. The zero-order valence-electron chi connectivity index (χ0n) is 11.1. The summed E-state index contributed by atoms with van der Waals surface area (Å²) in [6.07, 6.45) is -0.707. The summed E-state index contributed by atoms with van der Waals surface area (Å²) in [6.45, 7) is 1.34. The van der Waals surface area contributed by atoms with Crippen LogP contribution in [0, 0.1) is 6.92 Å². The first-order valence-corrected chi connectivity index (χ1v) is 6.30. The third-order valence-corrected chi connectivity index (χ3v) is 2.94. The molecule has 1 aromatic carbocycles. The minimum absolute atomic E-state index is 0.400. The number of carboxylic acids is 2. The van der Waals surface area contributed by atoms with Crippen molar-refractivity contribution in [3.63, 3.8) is 0 Å². The lowest BCUT2D eigenvalue weighted by Gasteiger charge is -2.13. The Morgan fingerprint density at radius 1 is 1.33 bits per heavy atom. The topological polar surface area (TPSA) is 113 Å². The molecule has 0 aliphatic rings. The molecular formula is C13H14ClNO6. The van der Waals surface area contributed by atoms with Gasteiger partial charge in [-0.25, -0.2) is 4.79 Å². The first kappa shape index (κ1) is 16.8. The van der Waals surface area contributed by atoms with Crippen LogP contribution in [0.1, 0.15) is 12.0 Å². The molecule has 0 aromatic heterocycles. The molecule has 8 heteroatoms. The molecule has 0 saturated carbocycles. The van der Waals surface area contributed by atoms with Crippen LogP contribution < -0.4 is 10.1 Å². The van der Waals surface area contributed by atoms with E-state index in [4.69, 9.17) is 26.6 Å². The SMILES string of the molecule is Cc1cc(OCC(=O)N[C@H](CC(=O)O)C(=O)O)ccc1Cl. The summed E-state index contributed by atoms with van der Waals surface area (Å²) in [7, 11) is 0. The van der Waals surface area contributed by atoms with Gasteiger partial charge in [0.2, 0.25) is 0 Å². The van der Waals surface area contributed by atoms with Crippen LogP contribution in [0.5, 0.6) is 5.75 Å². The second-order valence-electron chi connectivity index (χ2n) is 4.26. The van der Waals surface area contributed by atoms with Gasteiger partial charge >= 0.3 is 11.9 Å². The van der Waals surface area contributed by atoms with Crippen molar-refractivity contribution < 1.29 is 29.3 Å². The lowest BCUT2D eigenvalue weighted by molar-refractivity contribution is -0.147. The lowest BCUT2D eigenvalue weighted by Crippen LogP contribution is -2.44. The molecule has 1 amide bonds. The van der Waals surface area contributed by atoms with Crippen LogP contribution in [-0.2, 0) is 14.4 Å². The van der Waals surface area contributed by atoms with Crippen molar-refractivity contribution in [2.75, 3.05) is 6.61 Å². The molecule has 1 atom stereocenters. The normalized spacial score (nSPS) is 11.5. The Balaban J connectivity index is 2.54. The molecule has 0 aliphatic heterocycles. The van der Waals surface area contributed by atoms with Crippen LogP contribution in [0.15, 0.2) is 18.2 Å². The standard InChI is InChI=1S/C13H14ClNO6/c1-7-4-8(2-3-9(7)14)21-6-11(16)15-10(13(19)20)5-12(17)18/h2-4,10H,5-6H2,1H3,(H,15,16)(H,17,18)(H,19,20)/t10-/m1/s1. The van der Waals surface area contributed by atoms with Crippen LogP contribution in [-0.4, -0.2) is 40.7 Å². The number of ether oxygens (including phenoxy) is 1. The van der Waals surface area contributed by atoms with E-state index in [1.54, 1.807) is 25.1 Å². The highest BCUT2D eigenvalue weighted by atomic mass is 35.5. The molecule has 0 unspecified atom stereocenters. The maximum Gasteiger partial charge on any atom is 0.326 e. The Morgan fingerprint density at radius 3 is 2.52 bits per heavy atom. The minimum atomic E-state index is -1.49. The van der Waals surface area contributed by atoms with Gasteiger partial charge in [0.15, 0.2) is 6.61 Å². The van der Waals surface area contributed by atoms with Gasteiger partial charge in [0.25, 0.3) is 5.91 Å². The van der Waals surface area contributed by atoms with E-state index < -0.39 is 36.9 Å². The van der Waals surface area contributed by atoms with E-state index in [1.165, 1.54) is 0 Å². The fourth-order valence-electron chi connectivity index (χ4n) is 1.47. The molecule has 0 fully saturated rings.